The summed E-state index contributed by atoms with van der Waals surface area (Å²) in [6.45, 7) is 6.11. The maximum atomic E-state index is 3.86. The highest BCUT2D eigenvalue weighted by atomic mass is 32.1. The monoisotopic (exact) mass is 206 g/mol. The Bertz CT molecular complexity index is 316. The highest BCUT2D eigenvalue weighted by Gasteiger charge is 2.18. The molecule has 0 nitrogen and oxygen atoms in total. The van der Waals surface area contributed by atoms with E-state index in [-0.39, 0.29) is 0 Å². The second-order valence-corrected chi connectivity index (χ2v) is 5.13. The third kappa shape index (κ3) is 1.78. The van der Waals surface area contributed by atoms with Crippen LogP contribution in [-0.2, 0) is 0 Å². The Labute approximate surface area is 90.7 Å². The molecule has 1 aromatic heterocycles. The predicted octanol–water partition coefficient (Wildman–Crippen LogP) is 4.75. The van der Waals surface area contributed by atoms with Gasteiger partial charge in [-0.3, -0.25) is 0 Å². The SMILES string of the molecule is C=Cc1scc(C2CCCCC2)c1C. The van der Waals surface area contributed by atoms with Crippen LogP contribution in [0.15, 0.2) is 12.0 Å². The Morgan fingerprint density at radius 2 is 2.07 bits per heavy atom. The first-order valence-corrected chi connectivity index (χ1v) is 6.41. The van der Waals surface area contributed by atoms with Gasteiger partial charge in [-0.2, -0.15) is 0 Å². The van der Waals surface area contributed by atoms with E-state index in [1.54, 1.807) is 5.56 Å². The van der Waals surface area contributed by atoms with Crippen molar-refractivity contribution in [3.8, 4) is 0 Å². The molecule has 1 aliphatic carbocycles. The second-order valence-electron chi connectivity index (χ2n) is 4.22. The third-order valence-corrected chi connectivity index (χ3v) is 4.44. The molecular formula is C13H18S. The predicted molar refractivity (Wildman–Crippen MR) is 65.0 cm³/mol. The zero-order valence-corrected chi connectivity index (χ0v) is 9.70. The smallest absolute Gasteiger partial charge is 0.0296 e. The molecule has 0 aromatic carbocycles. The summed E-state index contributed by atoms with van der Waals surface area (Å²) in [4.78, 5) is 1.37. The van der Waals surface area contributed by atoms with Crippen molar-refractivity contribution in [3.63, 3.8) is 0 Å². The van der Waals surface area contributed by atoms with Gasteiger partial charge in [-0.05, 0) is 42.2 Å². The van der Waals surface area contributed by atoms with Gasteiger partial charge in [0.25, 0.3) is 0 Å². The molecule has 1 fully saturated rings. The van der Waals surface area contributed by atoms with Gasteiger partial charge in [-0.1, -0.05) is 31.9 Å². The molecule has 1 heteroatoms. The van der Waals surface area contributed by atoms with Gasteiger partial charge in [0.2, 0.25) is 0 Å². The summed E-state index contributed by atoms with van der Waals surface area (Å²) in [6.07, 6.45) is 9.06. The van der Waals surface area contributed by atoms with Gasteiger partial charge in [-0.15, -0.1) is 11.3 Å². The lowest BCUT2D eigenvalue weighted by molar-refractivity contribution is 0.443. The molecule has 0 atom stereocenters. The van der Waals surface area contributed by atoms with Crippen LogP contribution in [-0.4, -0.2) is 0 Å². The lowest BCUT2D eigenvalue weighted by Gasteiger charge is -2.21. The van der Waals surface area contributed by atoms with Gasteiger partial charge < -0.3 is 0 Å². The van der Waals surface area contributed by atoms with Crippen LogP contribution >= 0.6 is 11.3 Å². The number of hydrogen-bond donors (Lipinski definition) is 0. The molecule has 1 heterocycles. The lowest BCUT2D eigenvalue weighted by Crippen LogP contribution is -2.04. The van der Waals surface area contributed by atoms with Crippen LogP contribution in [0, 0.1) is 6.92 Å². The zero-order valence-electron chi connectivity index (χ0n) is 8.88. The number of rotatable bonds is 2. The Hall–Kier alpha value is -0.560. The lowest BCUT2D eigenvalue weighted by atomic mass is 9.83. The van der Waals surface area contributed by atoms with Gasteiger partial charge >= 0.3 is 0 Å². The van der Waals surface area contributed by atoms with Crippen molar-refractivity contribution in [1.29, 1.82) is 0 Å². The van der Waals surface area contributed by atoms with Gasteiger partial charge in [0, 0.05) is 4.88 Å². The molecule has 1 aromatic rings. The Morgan fingerprint density at radius 3 is 2.64 bits per heavy atom. The quantitative estimate of drug-likeness (QED) is 0.655. The van der Waals surface area contributed by atoms with Gasteiger partial charge in [-0.25, -0.2) is 0 Å². The van der Waals surface area contributed by atoms with Crippen molar-refractivity contribution in [2.45, 2.75) is 44.9 Å². The number of thiophene rings is 1. The van der Waals surface area contributed by atoms with E-state index in [1.807, 2.05) is 17.4 Å². The molecular weight excluding hydrogens is 188 g/mol. The summed E-state index contributed by atoms with van der Waals surface area (Å²) < 4.78 is 0. The highest BCUT2D eigenvalue weighted by molar-refractivity contribution is 7.11. The third-order valence-electron chi connectivity index (χ3n) is 3.35. The molecule has 0 amide bonds. The Morgan fingerprint density at radius 1 is 1.36 bits per heavy atom. The van der Waals surface area contributed by atoms with E-state index in [2.05, 4.69) is 18.9 Å². The first-order valence-electron chi connectivity index (χ1n) is 5.53. The molecule has 0 radical (unpaired) electrons. The van der Waals surface area contributed by atoms with Crippen LogP contribution in [0.3, 0.4) is 0 Å². The number of hydrogen-bond acceptors (Lipinski definition) is 1. The van der Waals surface area contributed by atoms with Crippen molar-refractivity contribution in [3.05, 3.63) is 28.0 Å². The van der Waals surface area contributed by atoms with Gasteiger partial charge in [0.05, 0.1) is 0 Å². The molecule has 0 N–H and O–H groups in total. The van der Waals surface area contributed by atoms with Crippen LogP contribution in [0.25, 0.3) is 6.08 Å². The molecule has 0 aliphatic heterocycles. The summed E-state index contributed by atoms with van der Waals surface area (Å²) in [5.74, 6) is 0.841. The summed E-state index contributed by atoms with van der Waals surface area (Å²) in [5.41, 5.74) is 3.08. The van der Waals surface area contributed by atoms with Crippen molar-refractivity contribution in [2.24, 2.45) is 0 Å². The van der Waals surface area contributed by atoms with Gasteiger partial charge in [0.15, 0.2) is 0 Å². The van der Waals surface area contributed by atoms with E-state index in [4.69, 9.17) is 0 Å². The fraction of sp³-hybridized carbons (Fsp3) is 0.538. The molecule has 0 unspecified atom stereocenters. The molecule has 2 rings (SSSR count). The van der Waals surface area contributed by atoms with Crippen LogP contribution < -0.4 is 0 Å². The van der Waals surface area contributed by atoms with E-state index in [0.29, 0.717) is 0 Å². The van der Waals surface area contributed by atoms with Crippen LogP contribution in [0.2, 0.25) is 0 Å². The van der Waals surface area contributed by atoms with E-state index in [0.717, 1.165) is 5.92 Å². The fourth-order valence-electron chi connectivity index (χ4n) is 2.46. The average molecular weight is 206 g/mol. The average Bonchev–Trinajstić information content (AvgIpc) is 2.61. The second kappa shape index (κ2) is 4.31. The van der Waals surface area contributed by atoms with E-state index in [1.165, 1.54) is 42.5 Å². The maximum absolute atomic E-state index is 3.86. The van der Waals surface area contributed by atoms with Crippen molar-refractivity contribution >= 4 is 17.4 Å². The normalized spacial score (nSPS) is 18.4. The Kier molecular flexibility index (Phi) is 3.07. The summed E-state index contributed by atoms with van der Waals surface area (Å²) >= 11 is 1.85. The largest absolute Gasteiger partial charge is 0.144 e. The molecule has 0 spiro atoms. The molecule has 76 valence electrons. The Balaban J connectivity index is 2.22. The standard InChI is InChI=1S/C13H18S/c1-3-13-10(2)12(9-14-13)11-7-5-4-6-8-11/h3,9,11H,1,4-8H2,2H3. The van der Waals surface area contributed by atoms with Crippen LogP contribution in [0.5, 0.6) is 0 Å². The minimum atomic E-state index is 0.841. The topological polar surface area (TPSA) is 0 Å². The fourth-order valence-corrected chi connectivity index (χ4v) is 3.48. The summed E-state index contributed by atoms with van der Waals surface area (Å²) in [5, 5.41) is 2.35. The summed E-state index contributed by atoms with van der Waals surface area (Å²) in [6, 6.07) is 0. The zero-order chi connectivity index (χ0) is 9.97. The van der Waals surface area contributed by atoms with Crippen LogP contribution in [0.4, 0.5) is 0 Å². The molecule has 1 aliphatic rings. The highest BCUT2D eigenvalue weighted by Crippen LogP contribution is 2.37. The van der Waals surface area contributed by atoms with Gasteiger partial charge in [0.1, 0.15) is 0 Å². The summed E-state index contributed by atoms with van der Waals surface area (Å²) in [7, 11) is 0. The van der Waals surface area contributed by atoms with E-state index >= 15 is 0 Å². The molecule has 1 saturated carbocycles. The van der Waals surface area contributed by atoms with Crippen molar-refractivity contribution < 1.29 is 0 Å². The van der Waals surface area contributed by atoms with Crippen molar-refractivity contribution in [2.75, 3.05) is 0 Å². The van der Waals surface area contributed by atoms with E-state index in [9.17, 15) is 0 Å². The first kappa shape index (κ1) is 9.97. The molecule has 0 saturated heterocycles. The molecule has 0 bridgehead atoms. The first-order chi connectivity index (χ1) is 6.83. The van der Waals surface area contributed by atoms with E-state index < -0.39 is 0 Å². The minimum Gasteiger partial charge on any atom is -0.144 e. The van der Waals surface area contributed by atoms with Crippen LogP contribution in [0.1, 0.15) is 54.0 Å². The maximum Gasteiger partial charge on any atom is 0.0296 e. The minimum absolute atomic E-state index is 0.841. The van der Waals surface area contributed by atoms with Crippen molar-refractivity contribution in [1.82, 2.24) is 0 Å². The molecule has 14 heavy (non-hydrogen) atoms.